The van der Waals surface area contributed by atoms with Crippen molar-refractivity contribution in [3.05, 3.63) is 53.3 Å². The predicted molar refractivity (Wildman–Crippen MR) is 146 cm³/mol. The van der Waals surface area contributed by atoms with Crippen molar-refractivity contribution in [1.82, 2.24) is 15.0 Å². The number of carbonyl (C=O) groups excluding carboxylic acids is 1. The van der Waals surface area contributed by atoms with E-state index >= 15 is 0 Å². The molecule has 0 aliphatic carbocycles. The minimum Gasteiger partial charge on any atom is -0.497 e. The normalized spacial score (nSPS) is 11.3. The number of alkyl halides is 1. The van der Waals surface area contributed by atoms with Crippen molar-refractivity contribution >= 4 is 34.2 Å². The quantitative estimate of drug-likeness (QED) is 0.184. The highest BCUT2D eigenvalue weighted by Crippen LogP contribution is 2.33. The van der Waals surface area contributed by atoms with Crippen molar-refractivity contribution < 1.29 is 19.0 Å². The molecule has 1 heterocycles. The molecule has 0 saturated heterocycles. The van der Waals surface area contributed by atoms with E-state index in [0.29, 0.717) is 40.9 Å². The maximum atomic E-state index is 13.3. The summed E-state index contributed by atoms with van der Waals surface area (Å²) in [5.74, 6) is 1.51. The van der Waals surface area contributed by atoms with E-state index in [1.807, 2.05) is 18.2 Å². The van der Waals surface area contributed by atoms with Crippen molar-refractivity contribution in [3.8, 4) is 22.9 Å². The first-order valence-corrected chi connectivity index (χ1v) is 13.0. The number of amides is 1. The molecule has 0 fully saturated rings. The summed E-state index contributed by atoms with van der Waals surface area (Å²) < 4.78 is 19.5. The van der Waals surface area contributed by atoms with Gasteiger partial charge in [-0.15, -0.1) is 5.10 Å². The van der Waals surface area contributed by atoms with E-state index in [1.54, 1.807) is 44.0 Å². The van der Waals surface area contributed by atoms with E-state index in [2.05, 4.69) is 59.0 Å². The van der Waals surface area contributed by atoms with Crippen LogP contribution in [0, 0.1) is 6.92 Å². The van der Waals surface area contributed by atoms with Crippen LogP contribution in [0.1, 0.15) is 55.4 Å². The lowest BCUT2D eigenvalue weighted by atomic mass is 9.87. The Balaban J connectivity index is 1.92. The number of aromatic nitrogens is 3. The van der Waals surface area contributed by atoms with Gasteiger partial charge in [0.15, 0.2) is 5.69 Å². The Kier molecular flexibility index (Phi) is 8.98. The average molecular weight is 592 g/mol. The van der Waals surface area contributed by atoms with Gasteiger partial charge in [0.05, 0.1) is 32.2 Å². The number of unbranched alkanes of at least 4 members (excludes halogenated alkanes) is 1. The zero-order valence-corrected chi connectivity index (χ0v) is 23.3. The van der Waals surface area contributed by atoms with Crippen LogP contribution in [0.2, 0.25) is 0 Å². The Morgan fingerprint density at radius 2 is 1.80 bits per heavy atom. The lowest BCUT2D eigenvalue weighted by Gasteiger charge is -2.21. The second-order valence-corrected chi connectivity index (χ2v) is 10.2. The minimum atomic E-state index is -0.362. The molecule has 0 unspecified atom stereocenters. The van der Waals surface area contributed by atoms with Gasteiger partial charge in [-0.3, -0.25) is 4.79 Å². The number of benzene rings is 2. The molecule has 0 spiro atoms. The summed E-state index contributed by atoms with van der Waals surface area (Å²) in [5.41, 5.74) is 3.04. The van der Waals surface area contributed by atoms with E-state index in [9.17, 15) is 4.79 Å². The van der Waals surface area contributed by atoms with Crippen LogP contribution in [0.5, 0.6) is 17.2 Å². The highest BCUT2D eigenvalue weighted by molar-refractivity contribution is 14.1. The first-order valence-electron chi connectivity index (χ1n) is 11.5. The van der Waals surface area contributed by atoms with Crippen LogP contribution in [0.25, 0.3) is 5.69 Å². The lowest BCUT2D eigenvalue weighted by Crippen LogP contribution is -2.17. The highest BCUT2D eigenvalue weighted by Gasteiger charge is 2.22. The van der Waals surface area contributed by atoms with Crippen molar-refractivity contribution in [2.45, 2.75) is 46.0 Å². The number of ether oxygens (including phenoxy) is 3. The van der Waals surface area contributed by atoms with Gasteiger partial charge < -0.3 is 19.5 Å². The van der Waals surface area contributed by atoms with Crippen LogP contribution in [-0.4, -0.2) is 46.2 Å². The lowest BCUT2D eigenvalue weighted by molar-refractivity contribution is 0.102. The molecule has 2 aromatic carbocycles. The number of hydrogen-bond acceptors (Lipinski definition) is 6. The molecule has 8 nitrogen and oxygen atoms in total. The predicted octanol–water partition coefficient (Wildman–Crippen LogP) is 5.74. The zero-order chi connectivity index (χ0) is 25.6. The summed E-state index contributed by atoms with van der Waals surface area (Å²) in [6.45, 7) is 8.77. The Bertz CT molecular complexity index is 1170. The molecule has 188 valence electrons. The molecule has 1 N–H and O–H groups in total. The molecule has 3 rings (SSSR count). The Morgan fingerprint density at radius 1 is 1.06 bits per heavy atom. The number of nitrogens with one attached hydrogen (secondary N) is 1. The van der Waals surface area contributed by atoms with Crippen LogP contribution in [0.3, 0.4) is 0 Å². The van der Waals surface area contributed by atoms with Crippen LogP contribution in [0.15, 0.2) is 36.4 Å². The summed E-state index contributed by atoms with van der Waals surface area (Å²) in [7, 11) is 3.17. The fourth-order valence-corrected chi connectivity index (χ4v) is 4.05. The minimum absolute atomic E-state index is 0.0822. The maximum absolute atomic E-state index is 13.3. The Morgan fingerprint density at radius 3 is 2.46 bits per heavy atom. The molecule has 35 heavy (non-hydrogen) atoms. The molecule has 0 atom stereocenters. The molecule has 0 aliphatic rings. The number of hydrogen-bond donors (Lipinski definition) is 1. The van der Waals surface area contributed by atoms with Gasteiger partial charge >= 0.3 is 0 Å². The first kappa shape index (κ1) is 26.8. The molecular weight excluding hydrogens is 559 g/mol. The van der Waals surface area contributed by atoms with Crippen molar-refractivity contribution in [2.24, 2.45) is 0 Å². The molecule has 1 amide bonds. The van der Waals surface area contributed by atoms with E-state index in [0.717, 1.165) is 22.8 Å². The first-order chi connectivity index (χ1) is 16.7. The molecular formula is C26H33IN4O4. The largest absolute Gasteiger partial charge is 0.497 e. The van der Waals surface area contributed by atoms with Gasteiger partial charge in [-0.25, -0.2) is 4.68 Å². The van der Waals surface area contributed by atoms with E-state index in [4.69, 9.17) is 14.2 Å². The Hall–Kier alpha value is -2.82. The number of rotatable bonds is 10. The number of methoxy groups -OCH3 is 2. The number of carbonyl (C=O) groups is 1. The topological polar surface area (TPSA) is 87.5 Å². The number of anilines is 1. The smallest absolute Gasteiger partial charge is 0.278 e. The van der Waals surface area contributed by atoms with Crippen molar-refractivity contribution in [3.63, 3.8) is 0 Å². The molecule has 0 saturated carbocycles. The summed E-state index contributed by atoms with van der Waals surface area (Å²) in [4.78, 5) is 13.3. The molecule has 0 radical (unpaired) electrons. The zero-order valence-electron chi connectivity index (χ0n) is 21.1. The molecule has 0 aliphatic heterocycles. The van der Waals surface area contributed by atoms with Crippen molar-refractivity contribution in [1.29, 1.82) is 0 Å². The Labute approximate surface area is 220 Å². The number of nitrogens with zero attached hydrogens (tertiary/aromatic N) is 3. The molecule has 1 aromatic heterocycles. The van der Waals surface area contributed by atoms with Crippen LogP contribution in [0.4, 0.5) is 5.69 Å². The fourth-order valence-electron chi connectivity index (χ4n) is 3.51. The number of halogens is 1. The summed E-state index contributed by atoms with van der Waals surface area (Å²) in [6, 6.07) is 11.3. The third-order valence-electron chi connectivity index (χ3n) is 5.60. The van der Waals surface area contributed by atoms with Gasteiger partial charge in [-0.1, -0.05) is 54.6 Å². The second kappa shape index (κ2) is 11.7. The molecule has 3 aromatic rings. The van der Waals surface area contributed by atoms with Gasteiger partial charge in [0, 0.05) is 6.07 Å². The van der Waals surface area contributed by atoms with Crippen molar-refractivity contribution in [2.75, 3.05) is 30.6 Å². The third-order valence-corrected chi connectivity index (χ3v) is 6.37. The molecule has 0 bridgehead atoms. The monoisotopic (exact) mass is 592 g/mol. The van der Waals surface area contributed by atoms with Crippen LogP contribution < -0.4 is 19.5 Å². The van der Waals surface area contributed by atoms with E-state index < -0.39 is 0 Å². The van der Waals surface area contributed by atoms with Crippen LogP contribution in [-0.2, 0) is 5.41 Å². The maximum Gasteiger partial charge on any atom is 0.278 e. The van der Waals surface area contributed by atoms with E-state index in [-0.39, 0.29) is 17.0 Å². The van der Waals surface area contributed by atoms with Gasteiger partial charge in [0.1, 0.15) is 22.9 Å². The van der Waals surface area contributed by atoms with Gasteiger partial charge in [-0.2, -0.15) is 0 Å². The van der Waals surface area contributed by atoms with Gasteiger partial charge in [-0.05, 0) is 59.4 Å². The van der Waals surface area contributed by atoms with Gasteiger partial charge in [0.25, 0.3) is 5.91 Å². The fraction of sp³-hybridized carbons (Fsp3) is 0.423. The molecule has 9 heteroatoms. The standard InChI is InChI=1S/C26H33IN4O4/c1-17-24(29-30-31(17)21-16-19(33-5)10-12-23(21)34-6)25(32)28-20-15-18(26(2,3)4)9-11-22(20)35-14-8-7-13-27/h9-12,15-16H,7-8,13-14H2,1-6H3,(H,28,32). The summed E-state index contributed by atoms with van der Waals surface area (Å²) in [6.07, 6.45) is 2.03. The van der Waals surface area contributed by atoms with Crippen LogP contribution >= 0.6 is 22.6 Å². The third kappa shape index (κ3) is 6.45. The SMILES string of the molecule is COc1ccc(OC)c(-n2nnc(C(=O)Nc3cc(C(C)(C)C)ccc3OCCCCI)c2C)c1. The van der Waals surface area contributed by atoms with Gasteiger partial charge in [0.2, 0.25) is 0 Å². The average Bonchev–Trinajstić information content (AvgIpc) is 3.22. The van der Waals surface area contributed by atoms with E-state index in [1.165, 1.54) is 0 Å². The second-order valence-electron chi connectivity index (χ2n) is 9.13. The summed E-state index contributed by atoms with van der Waals surface area (Å²) in [5, 5.41) is 11.4. The highest BCUT2D eigenvalue weighted by atomic mass is 127. The summed E-state index contributed by atoms with van der Waals surface area (Å²) >= 11 is 2.36.